The van der Waals surface area contributed by atoms with Crippen LogP contribution in [0.4, 0.5) is 0 Å². The number of carbonyl (C=O) groups is 1. The fraction of sp³-hybridized carbons (Fsp3) is 0.316. The highest BCUT2D eigenvalue weighted by atomic mass is 16.7. The van der Waals surface area contributed by atoms with Gasteiger partial charge in [-0.2, -0.15) is 0 Å². The second-order valence-corrected chi connectivity index (χ2v) is 5.99. The van der Waals surface area contributed by atoms with Crippen LogP contribution in [0.25, 0.3) is 0 Å². The second-order valence-electron chi connectivity index (χ2n) is 5.99. The van der Waals surface area contributed by atoms with Crippen molar-refractivity contribution in [2.24, 2.45) is 0 Å². The van der Waals surface area contributed by atoms with E-state index in [2.05, 4.69) is 11.4 Å². The predicted octanol–water partition coefficient (Wildman–Crippen LogP) is 3.12. The van der Waals surface area contributed by atoms with Gasteiger partial charge in [-0.25, -0.2) is 0 Å². The number of rotatable bonds is 5. The third-order valence-corrected chi connectivity index (χ3v) is 3.78. The molecule has 2 aromatic carbocycles. The Labute approximate surface area is 141 Å². The minimum Gasteiger partial charge on any atom is -0.481 e. The Hall–Kier alpha value is -2.69. The van der Waals surface area contributed by atoms with Crippen molar-refractivity contribution in [2.75, 3.05) is 6.79 Å². The molecule has 0 spiro atoms. The van der Waals surface area contributed by atoms with Gasteiger partial charge < -0.3 is 19.5 Å². The smallest absolute Gasteiger partial charge is 0.261 e. The van der Waals surface area contributed by atoms with Crippen LogP contribution in [-0.4, -0.2) is 18.8 Å². The molecule has 1 heterocycles. The normalized spacial score (nSPS) is 13.5. The average Bonchev–Trinajstić information content (AvgIpc) is 2.99. The number of amides is 1. The lowest BCUT2D eigenvalue weighted by molar-refractivity contribution is -0.127. The fourth-order valence-corrected chi connectivity index (χ4v) is 2.64. The van der Waals surface area contributed by atoms with E-state index >= 15 is 0 Å². The van der Waals surface area contributed by atoms with E-state index in [1.807, 2.05) is 44.2 Å². The van der Waals surface area contributed by atoms with Gasteiger partial charge in [0.15, 0.2) is 17.6 Å². The first-order chi connectivity index (χ1) is 11.5. The van der Waals surface area contributed by atoms with E-state index in [-0.39, 0.29) is 12.7 Å². The molecule has 0 saturated heterocycles. The summed E-state index contributed by atoms with van der Waals surface area (Å²) >= 11 is 0. The largest absolute Gasteiger partial charge is 0.481 e. The van der Waals surface area contributed by atoms with Crippen molar-refractivity contribution in [1.29, 1.82) is 0 Å². The van der Waals surface area contributed by atoms with Crippen molar-refractivity contribution in [3.63, 3.8) is 0 Å². The highest BCUT2D eigenvalue weighted by molar-refractivity contribution is 5.80. The van der Waals surface area contributed by atoms with Crippen LogP contribution in [0.2, 0.25) is 0 Å². The Bertz CT molecular complexity index is 737. The Kier molecular flexibility index (Phi) is 4.60. The van der Waals surface area contributed by atoms with Crippen molar-refractivity contribution in [2.45, 2.75) is 33.4 Å². The van der Waals surface area contributed by atoms with Crippen LogP contribution >= 0.6 is 0 Å². The van der Waals surface area contributed by atoms with Crippen molar-refractivity contribution in [3.8, 4) is 17.2 Å². The number of benzene rings is 2. The molecule has 1 aliphatic heterocycles. The molecule has 126 valence electrons. The number of ether oxygens (including phenoxy) is 3. The Morgan fingerprint density at radius 2 is 1.83 bits per heavy atom. The molecule has 0 aromatic heterocycles. The molecule has 24 heavy (non-hydrogen) atoms. The number of hydrogen-bond acceptors (Lipinski definition) is 4. The van der Waals surface area contributed by atoms with E-state index in [1.165, 1.54) is 0 Å². The summed E-state index contributed by atoms with van der Waals surface area (Å²) < 4.78 is 16.4. The molecule has 1 unspecified atom stereocenters. The molecule has 0 fully saturated rings. The summed E-state index contributed by atoms with van der Waals surface area (Å²) in [5, 5.41) is 2.88. The third kappa shape index (κ3) is 3.79. The second kappa shape index (κ2) is 6.83. The third-order valence-electron chi connectivity index (χ3n) is 3.78. The van der Waals surface area contributed by atoms with Gasteiger partial charge in [0.05, 0.1) is 0 Å². The first-order valence-corrected chi connectivity index (χ1v) is 7.92. The molecular formula is C19H21NO4. The maximum Gasteiger partial charge on any atom is 0.261 e. The van der Waals surface area contributed by atoms with Crippen LogP contribution in [0.15, 0.2) is 36.4 Å². The average molecular weight is 327 g/mol. The van der Waals surface area contributed by atoms with Gasteiger partial charge in [0.2, 0.25) is 6.79 Å². The van der Waals surface area contributed by atoms with Gasteiger partial charge in [-0.1, -0.05) is 12.1 Å². The van der Waals surface area contributed by atoms with Crippen molar-refractivity contribution >= 4 is 5.91 Å². The van der Waals surface area contributed by atoms with Crippen LogP contribution in [0.5, 0.6) is 17.2 Å². The van der Waals surface area contributed by atoms with Crippen LogP contribution in [0.3, 0.4) is 0 Å². The van der Waals surface area contributed by atoms with Gasteiger partial charge in [0.1, 0.15) is 5.75 Å². The Morgan fingerprint density at radius 1 is 1.12 bits per heavy atom. The summed E-state index contributed by atoms with van der Waals surface area (Å²) in [6.07, 6.45) is -0.569. The van der Waals surface area contributed by atoms with Crippen molar-refractivity contribution in [3.05, 3.63) is 53.1 Å². The lowest BCUT2D eigenvalue weighted by atomic mass is 10.1. The molecule has 5 heteroatoms. The molecule has 3 rings (SSSR count). The molecule has 0 bridgehead atoms. The van der Waals surface area contributed by atoms with Gasteiger partial charge in [-0.05, 0) is 61.7 Å². The van der Waals surface area contributed by atoms with E-state index in [1.54, 1.807) is 6.92 Å². The Morgan fingerprint density at radius 3 is 2.58 bits per heavy atom. The SMILES string of the molecule is Cc1cc(C)cc(OC(C)C(=O)NCc2ccc3c(c2)OCO3)c1. The van der Waals surface area contributed by atoms with Crippen LogP contribution in [-0.2, 0) is 11.3 Å². The number of hydrogen-bond donors (Lipinski definition) is 1. The molecule has 1 N–H and O–H groups in total. The summed E-state index contributed by atoms with van der Waals surface area (Å²) in [5.74, 6) is 1.99. The monoisotopic (exact) mass is 327 g/mol. The van der Waals surface area contributed by atoms with Gasteiger partial charge in [-0.3, -0.25) is 4.79 Å². The first kappa shape index (κ1) is 16.2. The maximum atomic E-state index is 12.2. The summed E-state index contributed by atoms with van der Waals surface area (Å²) in [6.45, 7) is 6.41. The fourth-order valence-electron chi connectivity index (χ4n) is 2.64. The molecule has 2 aromatic rings. The lowest BCUT2D eigenvalue weighted by Gasteiger charge is -2.16. The van der Waals surface area contributed by atoms with Crippen molar-refractivity contribution < 1.29 is 19.0 Å². The summed E-state index contributed by atoms with van der Waals surface area (Å²) in [5.41, 5.74) is 3.17. The summed E-state index contributed by atoms with van der Waals surface area (Å²) in [7, 11) is 0. The zero-order chi connectivity index (χ0) is 17.1. The molecule has 1 atom stereocenters. The molecular weight excluding hydrogens is 306 g/mol. The summed E-state index contributed by atoms with van der Waals surface area (Å²) in [4.78, 5) is 12.2. The number of aryl methyl sites for hydroxylation is 2. The standard InChI is InChI=1S/C19H21NO4/c1-12-6-13(2)8-16(7-12)24-14(3)19(21)20-10-15-4-5-17-18(9-15)23-11-22-17/h4-9,14H,10-11H2,1-3H3,(H,20,21). The number of fused-ring (bicyclic) bond motifs is 1. The van der Waals surface area contributed by atoms with E-state index in [0.29, 0.717) is 18.0 Å². The van der Waals surface area contributed by atoms with E-state index in [4.69, 9.17) is 14.2 Å². The minimum absolute atomic E-state index is 0.160. The highest BCUT2D eigenvalue weighted by Gasteiger charge is 2.16. The maximum absolute atomic E-state index is 12.2. The molecule has 1 aliphatic rings. The lowest BCUT2D eigenvalue weighted by Crippen LogP contribution is -2.35. The van der Waals surface area contributed by atoms with Crippen LogP contribution in [0.1, 0.15) is 23.6 Å². The van der Waals surface area contributed by atoms with Crippen LogP contribution < -0.4 is 19.5 Å². The van der Waals surface area contributed by atoms with Gasteiger partial charge >= 0.3 is 0 Å². The molecule has 1 amide bonds. The van der Waals surface area contributed by atoms with Gasteiger partial charge in [-0.15, -0.1) is 0 Å². The minimum atomic E-state index is -0.569. The topological polar surface area (TPSA) is 56.8 Å². The zero-order valence-corrected chi connectivity index (χ0v) is 14.1. The quantitative estimate of drug-likeness (QED) is 0.917. The van der Waals surface area contributed by atoms with Crippen molar-refractivity contribution in [1.82, 2.24) is 5.32 Å². The van der Waals surface area contributed by atoms with E-state index < -0.39 is 6.10 Å². The zero-order valence-electron chi connectivity index (χ0n) is 14.1. The molecule has 0 radical (unpaired) electrons. The van der Waals surface area contributed by atoms with E-state index in [0.717, 1.165) is 22.4 Å². The van der Waals surface area contributed by atoms with Gasteiger partial charge in [0.25, 0.3) is 5.91 Å². The predicted molar refractivity (Wildman–Crippen MR) is 90.4 cm³/mol. The number of nitrogens with one attached hydrogen (secondary N) is 1. The van der Waals surface area contributed by atoms with Crippen LogP contribution in [0, 0.1) is 13.8 Å². The number of carbonyl (C=O) groups excluding carboxylic acids is 1. The Balaban J connectivity index is 1.56. The summed E-state index contributed by atoms with van der Waals surface area (Å²) in [6, 6.07) is 11.5. The first-order valence-electron chi connectivity index (χ1n) is 7.92. The molecule has 0 aliphatic carbocycles. The molecule has 0 saturated carbocycles. The van der Waals surface area contributed by atoms with Gasteiger partial charge in [0, 0.05) is 6.54 Å². The van der Waals surface area contributed by atoms with E-state index in [9.17, 15) is 4.79 Å². The highest BCUT2D eigenvalue weighted by Crippen LogP contribution is 2.32. The molecule has 5 nitrogen and oxygen atoms in total.